The number of rotatable bonds is 6. The second kappa shape index (κ2) is 8.84. The van der Waals surface area contributed by atoms with E-state index in [0.717, 1.165) is 42.4 Å². The number of hydrogen-bond donors (Lipinski definition) is 2. The predicted octanol–water partition coefficient (Wildman–Crippen LogP) is 2.90. The molecule has 1 saturated heterocycles. The number of pyridine rings is 1. The van der Waals surface area contributed by atoms with Gasteiger partial charge in [-0.3, -0.25) is 0 Å². The van der Waals surface area contributed by atoms with Gasteiger partial charge in [-0.25, -0.2) is 23.1 Å². The Morgan fingerprint density at radius 1 is 1.39 bits per heavy atom. The third-order valence-electron chi connectivity index (χ3n) is 5.25. The maximum Gasteiger partial charge on any atom is 0.242 e. The highest BCUT2D eigenvalue weighted by molar-refractivity contribution is 7.89. The molecule has 1 aliphatic rings. The topological polar surface area (TPSA) is 93.7 Å². The Kier molecular flexibility index (Phi) is 6.56. The zero-order valence-corrected chi connectivity index (χ0v) is 19.7. The molecule has 0 spiro atoms. The molecule has 2 aromatic rings. The van der Waals surface area contributed by atoms with E-state index in [1.807, 2.05) is 47.0 Å². The average molecular weight is 445 g/mol. The minimum absolute atomic E-state index is 0.163. The lowest BCUT2D eigenvalue weighted by Gasteiger charge is -2.27. The maximum atomic E-state index is 12.5. The summed E-state index contributed by atoms with van der Waals surface area (Å²) in [6.45, 7) is 12.9. The molecule has 0 amide bonds. The number of aliphatic imine (C=N–C) groups is 1. The SMILES string of the molecule is C=CN=C(c1cc[nH]c1C)N1CCC(N(C)c2ccc(S(=O)(=O)NC(C)(C)C)cn2)C1. The van der Waals surface area contributed by atoms with E-state index in [2.05, 4.69) is 36.1 Å². The van der Waals surface area contributed by atoms with Crippen molar-refractivity contribution >= 4 is 21.7 Å². The van der Waals surface area contributed by atoms with Crippen molar-refractivity contribution in [3.63, 3.8) is 0 Å². The van der Waals surface area contributed by atoms with E-state index in [0.29, 0.717) is 0 Å². The maximum absolute atomic E-state index is 12.5. The normalized spacial score (nSPS) is 17.8. The lowest BCUT2D eigenvalue weighted by Crippen LogP contribution is -2.40. The lowest BCUT2D eigenvalue weighted by molar-refractivity contribution is 0.491. The summed E-state index contributed by atoms with van der Waals surface area (Å²) >= 11 is 0. The van der Waals surface area contributed by atoms with Gasteiger partial charge in [0.05, 0.1) is 0 Å². The Morgan fingerprint density at radius 3 is 2.68 bits per heavy atom. The molecule has 1 atom stereocenters. The fraction of sp³-hybridized carbons (Fsp3) is 0.455. The third-order valence-corrected chi connectivity index (χ3v) is 7.00. The Labute approximate surface area is 185 Å². The summed E-state index contributed by atoms with van der Waals surface area (Å²) in [6.07, 6.45) is 5.85. The van der Waals surface area contributed by atoms with E-state index in [1.54, 1.807) is 18.3 Å². The largest absolute Gasteiger partial charge is 0.365 e. The number of likely N-dealkylation sites (N-methyl/N-ethyl adjacent to an activating group) is 1. The van der Waals surface area contributed by atoms with Gasteiger partial charge in [-0.1, -0.05) is 6.58 Å². The molecule has 0 bridgehead atoms. The van der Waals surface area contributed by atoms with Crippen molar-refractivity contribution in [1.29, 1.82) is 0 Å². The predicted molar refractivity (Wildman–Crippen MR) is 125 cm³/mol. The van der Waals surface area contributed by atoms with E-state index in [9.17, 15) is 8.42 Å². The molecular formula is C22H32N6O2S. The molecule has 1 aliphatic heterocycles. The van der Waals surface area contributed by atoms with Crippen LogP contribution in [0.5, 0.6) is 0 Å². The molecule has 1 unspecified atom stereocenters. The summed E-state index contributed by atoms with van der Waals surface area (Å²) in [6, 6.07) is 5.63. The Morgan fingerprint density at radius 2 is 2.13 bits per heavy atom. The van der Waals surface area contributed by atoms with E-state index >= 15 is 0 Å². The highest BCUT2D eigenvalue weighted by Gasteiger charge is 2.30. The Hall–Kier alpha value is -2.65. The number of nitrogens with zero attached hydrogens (tertiary/aromatic N) is 4. The van der Waals surface area contributed by atoms with Gasteiger partial charge in [0.1, 0.15) is 16.5 Å². The van der Waals surface area contributed by atoms with Crippen LogP contribution in [0.4, 0.5) is 5.82 Å². The van der Waals surface area contributed by atoms with Gasteiger partial charge < -0.3 is 14.8 Å². The van der Waals surface area contributed by atoms with Crippen LogP contribution in [0, 0.1) is 6.92 Å². The number of sulfonamides is 1. The molecule has 0 saturated carbocycles. The van der Waals surface area contributed by atoms with Gasteiger partial charge in [-0.15, -0.1) is 0 Å². The van der Waals surface area contributed by atoms with Crippen LogP contribution >= 0.6 is 0 Å². The number of amidine groups is 1. The van der Waals surface area contributed by atoms with Crippen molar-refractivity contribution in [2.24, 2.45) is 4.99 Å². The molecule has 9 heteroatoms. The van der Waals surface area contributed by atoms with Crippen LogP contribution in [0.3, 0.4) is 0 Å². The highest BCUT2D eigenvalue weighted by atomic mass is 32.2. The molecule has 31 heavy (non-hydrogen) atoms. The average Bonchev–Trinajstić information content (AvgIpc) is 3.33. The number of aryl methyl sites for hydroxylation is 1. The summed E-state index contributed by atoms with van der Waals surface area (Å²) < 4.78 is 27.7. The molecule has 0 aromatic carbocycles. The number of H-pyrrole nitrogens is 1. The summed E-state index contributed by atoms with van der Waals surface area (Å²) in [4.78, 5) is 16.7. The second-order valence-corrected chi connectivity index (χ2v) is 10.5. The van der Waals surface area contributed by atoms with Crippen LogP contribution < -0.4 is 9.62 Å². The van der Waals surface area contributed by atoms with Crippen LogP contribution in [-0.4, -0.2) is 60.8 Å². The van der Waals surface area contributed by atoms with Crippen LogP contribution in [0.25, 0.3) is 0 Å². The van der Waals surface area contributed by atoms with E-state index in [1.165, 1.54) is 6.20 Å². The van der Waals surface area contributed by atoms with Gasteiger partial charge in [0.15, 0.2) is 0 Å². The highest BCUT2D eigenvalue weighted by Crippen LogP contribution is 2.23. The van der Waals surface area contributed by atoms with E-state index in [4.69, 9.17) is 0 Å². The van der Waals surface area contributed by atoms with E-state index in [-0.39, 0.29) is 10.9 Å². The number of aromatic nitrogens is 2. The van der Waals surface area contributed by atoms with Crippen molar-refractivity contribution in [2.45, 2.75) is 50.6 Å². The summed E-state index contributed by atoms with van der Waals surface area (Å²) in [5.41, 5.74) is 1.59. The van der Waals surface area contributed by atoms with Crippen molar-refractivity contribution in [3.05, 3.63) is 54.6 Å². The minimum Gasteiger partial charge on any atom is -0.365 e. The van der Waals surface area contributed by atoms with Gasteiger partial charge in [0, 0.05) is 61.6 Å². The molecule has 2 N–H and O–H groups in total. The third kappa shape index (κ3) is 5.34. The summed E-state index contributed by atoms with van der Waals surface area (Å²) in [5, 5.41) is 0. The van der Waals surface area contributed by atoms with Gasteiger partial charge >= 0.3 is 0 Å². The first-order valence-corrected chi connectivity index (χ1v) is 11.8. The van der Waals surface area contributed by atoms with Crippen LogP contribution in [0.1, 0.15) is 38.4 Å². The van der Waals surface area contributed by atoms with Crippen molar-refractivity contribution in [3.8, 4) is 0 Å². The zero-order chi connectivity index (χ0) is 22.8. The van der Waals surface area contributed by atoms with Crippen LogP contribution in [0.2, 0.25) is 0 Å². The van der Waals surface area contributed by atoms with Gasteiger partial charge in [0.25, 0.3) is 0 Å². The van der Waals surface area contributed by atoms with Crippen molar-refractivity contribution in [1.82, 2.24) is 19.6 Å². The molecule has 0 radical (unpaired) electrons. The first-order chi connectivity index (χ1) is 14.5. The molecule has 3 heterocycles. The summed E-state index contributed by atoms with van der Waals surface area (Å²) in [7, 11) is -1.61. The molecule has 168 valence electrons. The Bertz CT molecular complexity index is 1050. The molecule has 0 aliphatic carbocycles. The number of aromatic amines is 1. The fourth-order valence-corrected chi connectivity index (χ4v) is 5.11. The number of anilines is 1. The zero-order valence-electron chi connectivity index (χ0n) is 18.9. The number of likely N-dealkylation sites (tertiary alicyclic amines) is 1. The van der Waals surface area contributed by atoms with E-state index < -0.39 is 15.6 Å². The minimum atomic E-state index is -3.60. The second-order valence-electron chi connectivity index (χ2n) is 8.86. The van der Waals surface area contributed by atoms with Gasteiger partial charge in [-0.2, -0.15) is 0 Å². The first kappa shape index (κ1) is 23.0. The number of nitrogens with one attached hydrogen (secondary N) is 2. The quantitative estimate of drug-likeness (QED) is 0.528. The Balaban J connectivity index is 1.73. The van der Waals surface area contributed by atoms with Gasteiger partial charge in [-0.05, 0) is 52.3 Å². The molecular weight excluding hydrogens is 412 g/mol. The molecule has 3 rings (SSSR count). The first-order valence-electron chi connectivity index (χ1n) is 10.3. The summed E-state index contributed by atoms with van der Waals surface area (Å²) in [5.74, 6) is 1.65. The van der Waals surface area contributed by atoms with Crippen LogP contribution in [0.15, 0.2) is 53.3 Å². The van der Waals surface area contributed by atoms with Gasteiger partial charge in [0.2, 0.25) is 10.0 Å². The fourth-order valence-electron chi connectivity index (χ4n) is 3.74. The smallest absolute Gasteiger partial charge is 0.242 e. The molecule has 8 nitrogen and oxygen atoms in total. The standard InChI is InChI=1S/C22H32N6O2S/c1-7-23-21(19-10-12-24-16(19)2)28-13-11-17(15-28)27(6)20-9-8-18(14-25-20)31(29,30)26-22(3,4)5/h7-10,12,14,17,24,26H,1,11,13,15H2,2-6H3. The number of hydrogen-bond acceptors (Lipinski definition) is 5. The molecule has 2 aromatic heterocycles. The monoisotopic (exact) mass is 444 g/mol. The molecule has 1 fully saturated rings. The van der Waals surface area contributed by atoms with Crippen molar-refractivity contribution in [2.75, 3.05) is 25.0 Å². The van der Waals surface area contributed by atoms with Crippen LogP contribution in [-0.2, 0) is 10.0 Å². The lowest BCUT2D eigenvalue weighted by atomic mass is 10.1. The van der Waals surface area contributed by atoms with Crippen molar-refractivity contribution < 1.29 is 8.42 Å².